The fourth-order valence-corrected chi connectivity index (χ4v) is 4.43. The van der Waals surface area contributed by atoms with Crippen molar-refractivity contribution < 1.29 is 13.2 Å². The van der Waals surface area contributed by atoms with Crippen LogP contribution in [0.4, 0.5) is 5.69 Å². The molecule has 1 aromatic rings. The van der Waals surface area contributed by atoms with Crippen LogP contribution >= 0.6 is 0 Å². The molecule has 1 atom stereocenters. The number of sulfone groups is 1. The average molecular weight is 367 g/mol. The maximum absolute atomic E-state index is 12.4. The molecule has 1 aromatic carbocycles. The summed E-state index contributed by atoms with van der Waals surface area (Å²) in [6.45, 7) is 5.26. The summed E-state index contributed by atoms with van der Waals surface area (Å²) < 4.78 is 24.0. The van der Waals surface area contributed by atoms with Crippen LogP contribution in [0, 0.1) is 0 Å². The highest BCUT2D eigenvalue weighted by Gasteiger charge is 2.24. The van der Waals surface area contributed by atoms with Crippen LogP contribution in [0.3, 0.4) is 0 Å². The van der Waals surface area contributed by atoms with Crippen LogP contribution in [0.15, 0.2) is 23.1 Å². The van der Waals surface area contributed by atoms with Gasteiger partial charge in [-0.15, -0.1) is 0 Å². The van der Waals surface area contributed by atoms with Crippen LogP contribution in [0.5, 0.6) is 0 Å². The second kappa shape index (κ2) is 8.70. The Morgan fingerprint density at radius 2 is 2.08 bits per heavy atom. The largest absolute Gasteiger partial charge is 0.362 e. The SMILES string of the molecule is CCCCCC(C)NC(=O)CN1CCCc2c1cccc2S(C)(=O)=O. The molecule has 0 aromatic heterocycles. The first-order valence-corrected chi connectivity index (χ1v) is 11.1. The third kappa shape index (κ3) is 5.46. The lowest BCUT2D eigenvalue weighted by Crippen LogP contribution is -2.43. The molecule has 0 fully saturated rings. The summed E-state index contributed by atoms with van der Waals surface area (Å²) >= 11 is 0. The topological polar surface area (TPSA) is 66.5 Å². The number of fused-ring (bicyclic) bond motifs is 1. The number of amides is 1. The third-order valence-electron chi connectivity index (χ3n) is 4.69. The molecule has 2 rings (SSSR count). The van der Waals surface area contributed by atoms with Crippen molar-refractivity contribution in [1.29, 1.82) is 0 Å². The molecule has 1 aliphatic heterocycles. The summed E-state index contributed by atoms with van der Waals surface area (Å²) in [5, 5.41) is 3.06. The Balaban J connectivity index is 2.05. The predicted octanol–water partition coefficient (Wildman–Crippen LogP) is 2.93. The van der Waals surface area contributed by atoms with E-state index in [0.29, 0.717) is 4.90 Å². The highest BCUT2D eigenvalue weighted by molar-refractivity contribution is 7.90. The van der Waals surface area contributed by atoms with Gasteiger partial charge in [0.2, 0.25) is 5.91 Å². The van der Waals surface area contributed by atoms with Crippen LogP contribution < -0.4 is 10.2 Å². The number of nitrogens with zero attached hydrogens (tertiary/aromatic N) is 1. The minimum Gasteiger partial charge on any atom is -0.362 e. The summed E-state index contributed by atoms with van der Waals surface area (Å²) in [5.41, 5.74) is 1.73. The number of carbonyl (C=O) groups is 1. The van der Waals surface area contributed by atoms with Gasteiger partial charge in [0.25, 0.3) is 0 Å². The van der Waals surface area contributed by atoms with Crippen molar-refractivity contribution >= 4 is 21.4 Å². The normalized spacial score (nSPS) is 15.6. The number of anilines is 1. The highest BCUT2D eigenvalue weighted by atomic mass is 32.2. The summed E-state index contributed by atoms with van der Waals surface area (Å²) in [6.07, 6.45) is 7.33. The molecule has 0 saturated carbocycles. The van der Waals surface area contributed by atoms with E-state index in [9.17, 15) is 13.2 Å². The van der Waals surface area contributed by atoms with E-state index in [-0.39, 0.29) is 18.5 Å². The molecule has 0 aliphatic carbocycles. The highest BCUT2D eigenvalue weighted by Crippen LogP contribution is 2.32. The molecule has 1 amide bonds. The Morgan fingerprint density at radius 1 is 1.32 bits per heavy atom. The summed E-state index contributed by atoms with van der Waals surface area (Å²) in [4.78, 5) is 14.8. The summed E-state index contributed by atoms with van der Waals surface area (Å²) in [7, 11) is -3.26. The van der Waals surface area contributed by atoms with E-state index in [0.717, 1.165) is 43.5 Å². The molecule has 140 valence electrons. The molecule has 1 unspecified atom stereocenters. The standard InChI is InChI=1S/C19H30N2O3S/c1-4-5-6-9-15(2)20-19(22)14-21-13-8-10-16-17(21)11-7-12-18(16)25(3,23)24/h7,11-12,15H,4-6,8-10,13-14H2,1-3H3,(H,20,22). The van der Waals surface area contributed by atoms with Gasteiger partial charge in [-0.25, -0.2) is 8.42 Å². The van der Waals surface area contributed by atoms with Gasteiger partial charge in [-0.2, -0.15) is 0 Å². The number of rotatable bonds is 8. The van der Waals surface area contributed by atoms with Gasteiger partial charge >= 0.3 is 0 Å². The molecule has 6 heteroatoms. The zero-order valence-electron chi connectivity index (χ0n) is 15.5. The monoisotopic (exact) mass is 366 g/mol. The number of unbranched alkanes of at least 4 members (excludes halogenated alkanes) is 2. The molecule has 0 radical (unpaired) electrons. The van der Waals surface area contributed by atoms with Gasteiger partial charge in [0.1, 0.15) is 0 Å². The first-order valence-electron chi connectivity index (χ1n) is 9.19. The van der Waals surface area contributed by atoms with Crippen LogP contribution in [0.2, 0.25) is 0 Å². The van der Waals surface area contributed by atoms with Crippen molar-refractivity contribution in [3.8, 4) is 0 Å². The second-order valence-electron chi connectivity index (χ2n) is 7.02. The molecule has 25 heavy (non-hydrogen) atoms. The number of carbonyl (C=O) groups excluding carboxylic acids is 1. The van der Waals surface area contributed by atoms with Crippen molar-refractivity contribution in [2.24, 2.45) is 0 Å². The van der Waals surface area contributed by atoms with E-state index < -0.39 is 9.84 Å². The fourth-order valence-electron chi connectivity index (χ4n) is 3.45. The lowest BCUT2D eigenvalue weighted by molar-refractivity contribution is -0.120. The predicted molar refractivity (Wildman–Crippen MR) is 102 cm³/mol. The number of benzene rings is 1. The zero-order valence-corrected chi connectivity index (χ0v) is 16.4. The van der Waals surface area contributed by atoms with Crippen LogP contribution in [-0.4, -0.2) is 39.7 Å². The molecule has 1 N–H and O–H groups in total. The second-order valence-corrected chi connectivity index (χ2v) is 9.00. The summed E-state index contributed by atoms with van der Waals surface area (Å²) in [5.74, 6) is 0.00149. The Morgan fingerprint density at radius 3 is 2.76 bits per heavy atom. The maximum Gasteiger partial charge on any atom is 0.239 e. The molecule has 1 heterocycles. The van der Waals surface area contributed by atoms with Crippen molar-refractivity contribution in [1.82, 2.24) is 5.32 Å². The molecule has 5 nitrogen and oxygen atoms in total. The quantitative estimate of drug-likeness (QED) is 0.719. The fraction of sp³-hybridized carbons (Fsp3) is 0.632. The van der Waals surface area contributed by atoms with Crippen molar-refractivity contribution in [3.05, 3.63) is 23.8 Å². The Labute approximate surface area is 151 Å². The molecular formula is C19H30N2O3S. The van der Waals surface area contributed by atoms with Gasteiger partial charge in [0, 0.05) is 24.5 Å². The number of hydrogen-bond acceptors (Lipinski definition) is 4. The van der Waals surface area contributed by atoms with E-state index in [2.05, 4.69) is 12.2 Å². The van der Waals surface area contributed by atoms with E-state index in [1.165, 1.54) is 19.1 Å². The van der Waals surface area contributed by atoms with E-state index in [4.69, 9.17) is 0 Å². The first-order chi connectivity index (χ1) is 11.8. The Kier molecular flexibility index (Phi) is 6.87. The Hall–Kier alpha value is -1.56. The third-order valence-corrected chi connectivity index (χ3v) is 5.87. The minimum absolute atomic E-state index is 0.00149. The van der Waals surface area contributed by atoms with Crippen molar-refractivity contribution in [2.75, 3.05) is 24.2 Å². The van der Waals surface area contributed by atoms with Crippen LogP contribution in [0.1, 0.15) is 51.5 Å². The Bertz CT molecular complexity index is 701. The molecular weight excluding hydrogens is 336 g/mol. The summed E-state index contributed by atoms with van der Waals surface area (Å²) in [6, 6.07) is 5.51. The van der Waals surface area contributed by atoms with Crippen molar-refractivity contribution in [3.63, 3.8) is 0 Å². The van der Waals surface area contributed by atoms with E-state index >= 15 is 0 Å². The molecule has 1 aliphatic rings. The minimum atomic E-state index is -3.26. The zero-order chi connectivity index (χ0) is 18.4. The van der Waals surface area contributed by atoms with Crippen molar-refractivity contribution in [2.45, 2.75) is 63.3 Å². The molecule has 0 spiro atoms. The van der Waals surface area contributed by atoms with Gasteiger partial charge in [0.05, 0.1) is 11.4 Å². The van der Waals surface area contributed by atoms with Gasteiger partial charge in [0.15, 0.2) is 9.84 Å². The maximum atomic E-state index is 12.4. The molecule has 0 saturated heterocycles. The molecule has 0 bridgehead atoms. The van der Waals surface area contributed by atoms with Gasteiger partial charge in [-0.05, 0) is 43.9 Å². The lowest BCUT2D eigenvalue weighted by Gasteiger charge is -2.32. The lowest BCUT2D eigenvalue weighted by atomic mass is 10.0. The van der Waals surface area contributed by atoms with E-state index in [1.807, 2.05) is 17.9 Å². The first kappa shape index (κ1) is 19.8. The number of hydrogen-bond donors (Lipinski definition) is 1. The number of nitrogens with one attached hydrogen (secondary N) is 1. The van der Waals surface area contributed by atoms with Gasteiger partial charge < -0.3 is 10.2 Å². The average Bonchev–Trinajstić information content (AvgIpc) is 2.54. The van der Waals surface area contributed by atoms with E-state index in [1.54, 1.807) is 12.1 Å². The van der Waals surface area contributed by atoms with Crippen LogP contribution in [0.25, 0.3) is 0 Å². The van der Waals surface area contributed by atoms with Gasteiger partial charge in [-0.3, -0.25) is 4.79 Å². The van der Waals surface area contributed by atoms with Crippen LogP contribution in [-0.2, 0) is 21.1 Å². The smallest absolute Gasteiger partial charge is 0.239 e. The van der Waals surface area contributed by atoms with Gasteiger partial charge in [-0.1, -0.05) is 32.3 Å².